The molecule has 0 bridgehead atoms. The molecule has 0 amide bonds. The van der Waals surface area contributed by atoms with Crippen LogP contribution in [0.2, 0.25) is 0 Å². The molecule has 0 saturated carbocycles. The molecule has 0 atom stereocenters. The summed E-state index contributed by atoms with van der Waals surface area (Å²) in [6, 6.07) is 47.3. The predicted molar refractivity (Wildman–Crippen MR) is 202 cm³/mol. The molecule has 254 valence electrons. The Morgan fingerprint density at radius 2 is 0.627 bits per heavy atom. The van der Waals surface area contributed by atoms with Crippen molar-refractivity contribution in [2.45, 2.75) is 26.4 Å². The maximum Gasteiger partial charge on any atom is 0.163 e. The Hall–Kier alpha value is -6.60. The van der Waals surface area contributed by atoms with E-state index in [1.807, 2.05) is 133 Å². The molecule has 0 aliphatic rings. The maximum atomic E-state index is 6.75. The summed E-state index contributed by atoms with van der Waals surface area (Å²) < 4.78 is 31.1. The molecule has 1 aromatic heterocycles. The molecule has 7 rings (SSSR count). The average molecular weight is 675 g/mol. The van der Waals surface area contributed by atoms with Gasteiger partial charge in [-0.25, -0.2) is 0 Å². The van der Waals surface area contributed by atoms with E-state index in [4.69, 9.17) is 34.8 Å². The molecule has 1 heterocycles. The molecule has 7 nitrogen and oxygen atoms in total. The fourth-order valence-corrected chi connectivity index (χ4v) is 5.72. The van der Waals surface area contributed by atoms with E-state index in [1.165, 1.54) is 0 Å². The van der Waals surface area contributed by atoms with Crippen molar-refractivity contribution in [2.75, 3.05) is 11.5 Å². The summed E-state index contributed by atoms with van der Waals surface area (Å²) in [6.07, 6.45) is 3.33. The van der Waals surface area contributed by atoms with Crippen molar-refractivity contribution in [3.63, 3.8) is 0 Å². The first-order valence-corrected chi connectivity index (χ1v) is 16.7. The zero-order chi connectivity index (χ0) is 34.8. The highest BCUT2D eigenvalue weighted by Crippen LogP contribution is 2.46. The Morgan fingerprint density at radius 3 is 0.922 bits per heavy atom. The molecule has 7 aromatic rings. The molecule has 6 aromatic carbocycles. The number of hydrogen-bond donors (Lipinski definition) is 2. The third-order valence-electron chi connectivity index (χ3n) is 8.42. The zero-order valence-corrected chi connectivity index (χ0v) is 28.0. The second-order valence-electron chi connectivity index (χ2n) is 12.1. The standard InChI is InChI=1S/C44H38N2O5/c45-39-23-43(50-27-33-17-9-3-10-18-33)41(48-25-31-13-5-1-6-14-31)21-35(39)37-29-47-30-38(37)36-22-42(49-26-32-15-7-2-8-16-32)44(24-40(36)46)51-28-34-19-11-4-12-20-34/h1-24,29-30H,25-28,45-46H2. The number of benzene rings is 6. The zero-order valence-electron chi connectivity index (χ0n) is 28.0. The molecule has 51 heavy (non-hydrogen) atoms. The van der Waals surface area contributed by atoms with E-state index in [1.54, 1.807) is 24.7 Å². The monoisotopic (exact) mass is 674 g/mol. The first-order valence-electron chi connectivity index (χ1n) is 16.7. The minimum atomic E-state index is 0.351. The quantitative estimate of drug-likeness (QED) is 0.111. The van der Waals surface area contributed by atoms with Crippen molar-refractivity contribution >= 4 is 11.4 Å². The van der Waals surface area contributed by atoms with Crippen LogP contribution < -0.4 is 30.4 Å². The fraction of sp³-hybridized carbons (Fsp3) is 0.0909. The van der Waals surface area contributed by atoms with Gasteiger partial charge in [-0.05, 0) is 34.4 Å². The van der Waals surface area contributed by atoms with Gasteiger partial charge in [0.15, 0.2) is 23.0 Å². The van der Waals surface area contributed by atoms with Gasteiger partial charge in [-0.2, -0.15) is 0 Å². The van der Waals surface area contributed by atoms with E-state index >= 15 is 0 Å². The lowest BCUT2D eigenvalue weighted by molar-refractivity contribution is 0.256. The minimum Gasteiger partial charge on any atom is -0.485 e. The smallest absolute Gasteiger partial charge is 0.163 e. The van der Waals surface area contributed by atoms with Crippen molar-refractivity contribution in [1.82, 2.24) is 0 Å². The van der Waals surface area contributed by atoms with E-state index in [2.05, 4.69) is 0 Å². The second kappa shape index (κ2) is 15.7. The van der Waals surface area contributed by atoms with Crippen LogP contribution in [0.15, 0.2) is 163 Å². The number of ether oxygens (including phenoxy) is 4. The van der Waals surface area contributed by atoms with Crippen LogP contribution in [0.5, 0.6) is 23.0 Å². The molecule has 7 heteroatoms. The van der Waals surface area contributed by atoms with E-state index in [0.717, 1.165) is 33.4 Å². The van der Waals surface area contributed by atoms with Crippen LogP contribution in [0.25, 0.3) is 22.3 Å². The Morgan fingerprint density at radius 1 is 0.353 bits per heavy atom. The lowest BCUT2D eigenvalue weighted by Gasteiger charge is -2.18. The molecule has 0 fully saturated rings. The van der Waals surface area contributed by atoms with E-state index < -0.39 is 0 Å². The van der Waals surface area contributed by atoms with E-state index in [0.29, 0.717) is 71.9 Å². The Bertz CT molecular complexity index is 2010. The SMILES string of the molecule is Nc1cc(OCc2ccccc2)c(OCc2ccccc2)cc1-c1cocc1-c1cc(OCc2ccccc2)c(OCc2ccccc2)cc1N. The van der Waals surface area contributed by atoms with Gasteiger partial charge in [-0.1, -0.05) is 121 Å². The highest BCUT2D eigenvalue weighted by atomic mass is 16.5. The first-order chi connectivity index (χ1) is 25.1. The summed E-state index contributed by atoms with van der Waals surface area (Å²) in [5.74, 6) is 2.18. The van der Waals surface area contributed by atoms with Crippen molar-refractivity contribution in [3.8, 4) is 45.3 Å². The molecule has 0 saturated heterocycles. The van der Waals surface area contributed by atoms with Crippen LogP contribution in [-0.2, 0) is 26.4 Å². The van der Waals surface area contributed by atoms with Crippen LogP contribution >= 0.6 is 0 Å². The lowest BCUT2D eigenvalue weighted by atomic mass is 9.96. The van der Waals surface area contributed by atoms with Gasteiger partial charge in [0, 0.05) is 45.8 Å². The number of furan rings is 1. The van der Waals surface area contributed by atoms with Crippen molar-refractivity contribution < 1.29 is 23.4 Å². The third-order valence-corrected chi connectivity index (χ3v) is 8.42. The average Bonchev–Trinajstić information content (AvgIpc) is 3.66. The molecule has 0 spiro atoms. The van der Waals surface area contributed by atoms with Gasteiger partial charge < -0.3 is 34.8 Å². The molecule has 0 radical (unpaired) electrons. The molecule has 4 N–H and O–H groups in total. The van der Waals surface area contributed by atoms with Gasteiger partial charge in [0.25, 0.3) is 0 Å². The third kappa shape index (κ3) is 8.17. The van der Waals surface area contributed by atoms with Crippen molar-refractivity contribution in [1.29, 1.82) is 0 Å². The minimum absolute atomic E-state index is 0.351. The highest BCUT2D eigenvalue weighted by molar-refractivity contribution is 5.93. The Kier molecular flexibility index (Phi) is 10.2. The summed E-state index contributed by atoms with van der Waals surface area (Å²) >= 11 is 0. The van der Waals surface area contributed by atoms with Crippen LogP contribution in [0.1, 0.15) is 22.3 Å². The summed E-state index contributed by atoms with van der Waals surface area (Å²) in [4.78, 5) is 0. The molecular weight excluding hydrogens is 636 g/mol. The van der Waals surface area contributed by atoms with Gasteiger partial charge in [0.1, 0.15) is 26.4 Å². The second-order valence-corrected chi connectivity index (χ2v) is 12.1. The normalized spacial score (nSPS) is 10.8. The van der Waals surface area contributed by atoms with Crippen LogP contribution in [-0.4, -0.2) is 0 Å². The number of rotatable bonds is 14. The topological polar surface area (TPSA) is 102 Å². The lowest BCUT2D eigenvalue weighted by Crippen LogP contribution is -2.03. The largest absolute Gasteiger partial charge is 0.485 e. The van der Waals surface area contributed by atoms with Crippen molar-refractivity contribution in [2.24, 2.45) is 0 Å². The molecular formula is C44H38N2O5. The Balaban J connectivity index is 1.23. The van der Waals surface area contributed by atoms with Crippen molar-refractivity contribution in [3.05, 3.63) is 180 Å². The first kappa shape index (κ1) is 32.9. The maximum absolute atomic E-state index is 6.75. The van der Waals surface area contributed by atoms with Gasteiger partial charge >= 0.3 is 0 Å². The summed E-state index contributed by atoms with van der Waals surface area (Å²) in [6.45, 7) is 1.42. The van der Waals surface area contributed by atoms with Gasteiger partial charge in [-0.15, -0.1) is 0 Å². The summed E-state index contributed by atoms with van der Waals surface area (Å²) in [5.41, 5.74) is 21.5. The Labute approximate surface area is 297 Å². The molecule has 0 aliphatic heterocycles. The van der Waals surface area contributed by atoms with Crippen LogP contribution in [0.4, 0.5) is 11.4 Å². The summed E-state index contributed by atoms with van der Waals surface area (Å²) in [7, 11) is 0. The number of nitrogen functional groups attached to an aromatic ring is 2. The number of nitrogens with two attached hydrogens (primary N) is 2. The van der Waals surface area contributed by atoms with Gasteiger partial charge in [0.05, 0.1) is 12.5 Å². The number of hydrogen-bond acceptors (Lipinski definition) is 7. The number of anilines is 2. The fourth-order valence-electron chi connectivity index (χ4n) is 5.72. The van der Waals surface area contributed by atoms with Crippen LogP contribution in [0.3, 0.4) is 0 Å². The van der Waals surface area contributed by atoms with E-state index in [9.17, 15) is 0 Å². The summed E-state index contributed by atoms with van der Waals surface area (Å²) in [5, 5.41) is 0. The van der Waals surface area contributed by atoms with Crippen LogP contribution in [0, 0.1) is 0 Å². The highest BCUT2D eigenvalue weighted by Gasteiger charge is 2.21. The van der Waals surface area contributed by atoms with E-state index in [-0.39, 0.29) is 0 Å². The molecule has 0 unspecified atom stereocenters. The molecule has 0 aliphatic carbocycles. The predicted octanol–water partition coefficient (Wildman–Crippen LogP) is 10.1. The van der Waals surface area contributed by atoms with Gasteiger partial charge in [-0.3, -0.25) is 0 Å². The van der Waals surface area contributed by atoms with Gasteiger partial charge in [0.2, 0.25) is 0 Å².